The normalized spacial score (nSPS) is 18.9. The summed E-state index contributed by atoms with van der Waals surface area (Å²) in [5, 5.41) is 7.08. The molecule has 0 radical (unpaired) electrons. The third-order valence-electron chi connectivity index (χ3n) is 6.14. The van der Waals surface area contributed by atoms with Crippen LogP contribution in [-0.4, -0.2) is 36.6 Å². The highest BCUT2D eigenvalue weighted by molar-refractivity contribution is 7.19. The molecule has 4 rings (SSSR count). The van der Waals surface area contributed by atoms with Crippen LogP contribution in [0.2, 0.25) is 0 Å². The van der Waals surface area contributed by atoms with Gasteiger partial charge < -0.3 is 5.32 Å². The molecule has 0 saturated carbocycles. The number of allylic oxidation sites excluding steroid dienone is 1. The Morgan fingerprint density at radius 2 is 1.80 bits per heavy atom. The topological polar surface area (TPSA) is 44.4 Å². The van der Waals surface area contributed by atoms with Crippen molar-refractivity contribution >= 4 is 22.4 Å². The van der Waals surface area contributed by atoms with Crippen molar-refractivity contribution in [1.29, 1.82) is 0 Å². The number of nitrogens with zero attached hydrogens (tertiary/aromatic N) is 1. The first kappa shape index (κ1) is 21.1. The zero-order valence-corrected chi connectivity index (χ0v) is 18.6. The van der Waals surface area contributed by atoms with Gasteiger partial charge >= 0.3 is 6.03 Å². The fourth-order valence-electron chi connectivity index (χ4n) is 4.42. The van der Waals surface area contributed by atoms with Gasteiger partial charge in [-0.1, -0.05) is 54.8 Å². The fourth-order valence-corrected chi connectivity index (χ4v) is 5.33. The van der Waals surface area contributed by atoms with Gasteiger partial charge in [0.25, 0.3) is 0 Å². The summed E-state index contributed by atoms with van der Waals surface area (Å²) in [7, 11) is 0. The van der Waals surface area contributed by atoms with E-state index in [4.69, 9.17) is 0 Å². The van der Waals surface area contributed by atoms with E-state index < -0.39 is 0 Å². The Morgan fingerprint density at radius 1 is 1.00 bits per heavy atom. The number of anilines is 1. The molecule has 1 aromatic carbocycles. The van der Waals surface area contributed by atoms with E-state index in [9.17, 15) is 4.79 Å². The molecule has 1 saturated heterocycles. The lowest BCUT2D eigenvalue weighted by atomic mass is 9.98. The molecule has 2 aromatic rings. The molecule has 5 heteroatoms. The van der Waals surface area contributed by atoms with Crippen LogP contribution in [0.25, 0.3) is 10.4 Å². The molecule has 2 amide bonds. The second-order valence-corrected chi connectivity index (χ2v) is 9.58. The van der Waals surface area contributed by atoms with Crippen LogP contribution in [0.5, 0.6) is 0 Å². The average molecular weight is 424 g/mol. The maximum Gasteiger partial charge on any atom is 0.320 e. The average Bonchev–Trinajstić information content (AvgIpc) is 3.20. The summed E-state index contributed by atoms with van der Waals surface area (Å²) in [6, 6.07) is 14.5. The molecule has 1 aromatic heterocycles. The summed E-state index contributed by atoms with van der Waals surface area (Å²) in [6.07, 6.45) is 12.5. The summed E-state index contributed by atoms with van der Waals surface area (Å²) < 4.78 is 0. The van der Waals surface area contributed by atoms with E-state index in [1.807, 2.05) is 24.3 Å². The molecule has 1 aliphatic carbocycles. The second kappa shape index (κ2) is 10.8. The zero-order valence-electron chi connectivity index (χ0n) is 17.7. The fraction of sp³-hybridized carbons (Fsp3) is 0.480. The first-order valence-corrected chi connectivity index (χ1v) is 12.2. The van der Waals surface area contributed by atoms with Gasteiger partial charge in [-0.15, -0.1) is 11.3 Å². The Bertz CT molecular complexity index is 837. The first-order chi connectivity index (χ1) is 14.8. The molecule has 1 aliphatic heterocycles. The summed E-state index contributed by atoms with van der Waals surface area (Å²) in [5.41, 5.74) is 2.81. The van der Waals surface area contributed by atoms with Gasteiger partial charge in [0.15, 0.2) is 0 Å². The minimum atomic E-state index is -0.0855. The van der Waals surface area contributed by atoms with Gasteiger partial charge in [0.2, 0.25) is 0 Å². The van der Waals surface area contributed by atoms with Crippen LogP contribution in [0, 0.1) is 0 Å². The molecule has 0 atom stereocenters. The third-order valence-corrected chi connectivity index (χ3v) is 7.19. The molecule has 0 unspecified atom stereocenters. The van der Waals surface area contributed by atoms with E-state index in [0.717, 1.165) is 37.5 Å². The maximum absolute atomic E-state index is 12.5. The van der Waals surface area contributed by atoms with E-state index in [-0.39, 0.29) is 12.1 Å². The summed E-state index contributed by atoms with van der Waals surface area (Å²) in [6.45, 7) is 3.26. The van der Waals surface area contributed by atoms with Crippen molar-refractivity contribution < 1.29 is 4.79 Å². The molecule has 1 fully saturated rings. The van der Waals surface area contributed by atoms with Crippen LogP contribution in [-0.2, 0) is 0 Å². The van der Waals surface area contributed by atoms with Gasteiger partial charge in [0, 0.05) is 30.6 Å². The Morgan fingerprint density at radius 3 is 2.63 bits per heavy atom. The third kappa shape index (κ3) is 6.19. The molecular weight excluding hydrogens is 390 g/mol. The molecule has 2 heterocycles. The number of thiophene rings is 1. The maximum atomic E-state index is 12.5. The van der Waals surface area contributed by atoms with E-state index in [0.29, 0.717) is 0 Å². The summed E-state index contributed by atoms with van der Waals surface area (Å²) >= 11 is 1.61. The van der Waals surface area contributed by atoms with Crippen LogP contribution >= 0.6 is 11.3 Å². The molecular formula is C25H33N3OS. The van der Waals surface area contributed by atoms with Gasteiger partial charge in [-0.25, -0.2) is 4.79 Å². The minimum Gasteiger partial charge on any atom is -0.335 e. The number of carbonyl (C=O) groups excluding carboxylic acids is 1. The molecule has 2 N–H and O–H groups in total. The minimum absolute atomic E-state index is 0.0855. The van der Waals surface area contributed by atoms with E-state index >= 15 is 0 Å². The highest BCUT2D eigenvalue weighted by atomic mass is 32.1. The summed E-state index contributed by atoms with van der Waals surface area (Å²) in [5.74, 6) is 0. The predicted molar refractivity (Wildman–Crippen MR) is 127 cm³/mol. The van der Waals surface area contributed by atoms with Crippen LogP contribution < -0.4 is 10.6 Å². The molecule has 2 aliphatic rings. The molecule has 30 heavy (non-hydrogen) atoms. The van der Waals surface area contributed by atoms with Crippen molar-refractivity contribution in [2.45, 2.75) is 57.4 Å². The molecule has 0 bridgehead atoms. The van der Waals surface area contributed by atoms with Crippen molar-refractivity contribution in [2.75, 3.05) is 25.0 Å². The largest absolute Gasteiger partial charge is 0.335 e. The highest BCUT2D eigenvalue weighted by Crippen LogP contribution is 2.31. The first-order valence-electron chi connectivity index (χ1n) is 11.4. The lowest BCUT2D eigenvalue weighted by molar-refractivity contribution is 0.205. The van der Waals surface area contributed by atoms with Gasteiger partial charge in [-0.2, -0.15) is 0 Å². The molecule has 4 nitrogen and oxygen atoms in total. The number of carbonyl (C=O) groups is 1. The van der Waals surface area contributed by atoms with Gasteiger partial charge in [-0.3, -0.25) is 10.2 Å². The Labute approximate surface area is 184 Å². The summed E-state index contributed by atoms with van der Waals surface area (Å²) in [4.78, 5) is 16.2. The Balaban J connectivity index is 1.20. The lowest BCUT2D eigenvalue weighted by Gasteiger charge is -2.33. The molecule has 0 spiro atoms. The number of hydrogen-bond donors (Lipinski definition) is 2. The smallest absolute Gasteiger partial charge is 0.320 e. The Kier molecular flexibility index (Phi) is 7.59. The predicted octanol–water partition coefficient (Wildman–Crippen LogP) is 6.28. The number of benzene rings is 1. The number of piperidine rings is 1. The van der Waals surface area contributed by atoms with Gasteiger partial charge in [0.1, 0.15) is 0 Å². The number of rotatable bonds is 5. The van der Waals surface area contributed by atoms with Crippen molar-refractivity contribution in [2.24, 2.45) is 0 Å². The highest BCUT2D eigenvalue weighted by Gasteiger charge is 2.21. The van der Waals surface area contributed by atoms with Crippen molar-refractivity contribution in [3.05, 3.63) is 54.1 Å². The van der Waals surface area contributed by atoms with Crippen molar-refractivity contribution in [3.8, 4) is 10.4 Å². The van der Waals surface area contributed by atoms with Crippen LogP contribution in [0.4, 0.5) is 9.80 Å². The van der Waals surface area contributed by atoms with Gasteiger partial charge in [0.05, 0.1) is 5.00 Å². The SMILES string of the molecule is O=C(Nc1ccc(-c2ccccc2)s1)NC1CCN(CC2=CCCCCCC2)CC1. The monoisotopic (exact) mass is 423 g/mol. The Hall–Kier alpha value is -2.11. The van der Waals surface area contributed by atoms with Crippen LogP contribution in [0.3, 0.4) is 0 Å². The van der Waals surface area contributed by atoms with Crippen molar-refractivity contribution in [1.82, 2.24) is 10.2 Å². The van der Waals surface area contributed by atoms with Gasteiger partial charge in [-0.05, 0) is 56.2 Å². The quantitative estimate of drug-likeness (QED) is 0.556. The molecule has 160 valence electrons. The lowest BCUT2D eigenvalue weighted by Crippen LogP contribution is -2.46. The van der Waals surface area contributed by atoms with E-state index in [2.05, 4.69) is 39.8 Å². The van der Waals surface area contributed by atoms with Crippen LogP contribution in [0.15, 0.2) is 54.1 Å². The van der Waals surface area contributed by atoms with E-state index in [1.165, 1.54) is 49.0 Å². The number of hydrogen-bond acceptors (Lipinski definition) is 3. The van der Waals surface area contributed by atoms with Crippen molar-refractivity contribution in [3.63, 3.8) is 0 Å². The number of nitrogens with one attached hydrogen (secondary N) is 2. The van der Waals surface area contributed by atoms with E-state index in [1.54, 1.807) is 16.9 Å². The number of likely N-dealkylation sites (tertiary alicyclic amines) is 1. The number of amides is 2. The number of urea groups is 1. The van der Waals surface area contributed by atoms with Crippen LogP contribution in [0.1, 0.15) is 51.4 Å². The second-order valence-electron chi connectivity index (χ2n) is 8.49. The standard InChI is InChI=1S/C25H33N3OS/c29-25(27-24-14-13-23(30-24)21-11-7-4-8-12-21)26-22-15-17-28(18-16-22)19-20-9-5-2-1-3-6-10-20/h4,7-9,11-14,22H,1-3,5-6,10,15-19H2,(H2,26,27,29). The zero-order chi connectivity index (χ0) is 20.6.